The number of aromatic amines is 1. The number of aryl methyl sites for hydroxylation is 1. The second-order valence-electron chi connectivity index (χ2n) is 5.70. The van der Waals surface area contributed by atoms with Crippen LogP contribution in [0.2, 0.25) is 0 Å². The van der Waals surface area contributed by atoms with Crippen LogP contribution in [0.15, 0.2) is 58.3 Å². The number of nitrogens with zero attached hydrogens (tertiary/aromatic N) is 3. The number of benzene rings is 2. The minimum absolute atomic E-state index is 0.0238. The van der Waals surface area contributed by atoms with E-state index < -0.39 is 0 Å². The molecule has 1 aromatic heterocycles. The highest BCUT2D eigenvalue weighted by Gasteiger charge is 2.18. The summed E-state index contributed by atoms with van der Waals surface area (Å²) in [5.74, 6) is 1.04. The molecule has 0 spiro atoms. The van der Waals surface area contributed by atoms with Crippen LogP contribution in [0.3, 0.4) is 0 Å². The molecule has 0 bridgehead atoms. The van der Waals surface area contributed by atoms with Crippen molar-refractivity contribution in [3.63, 3.8) is 0 Å². The lowest BCUT2D eigenvalue weighted by molar-refractivity contribution is 0.355. The topological polar surface area (TPSA) is 92.4 Å². The fraction of sp³-hybridized carbons (Fsp3) is 0.150. The Morgan fingerprint density at radius 2 is 1.81 bits per heavy atom. The number of methoxy groups -OCH3 is 2. The van der Waals surface area contributed by atoms with Crippen molar-refractivity contribution in [2.24, 2.45) is 4.99 Å². The van der Waals surface area contributed by atoms with E-state index in [1.165, 1.54) is 18.9 Å². The maximum absolute atomic E-state index is 12.9. The van der Waals surface area contributed by atoms with Gasteiger partial charge < -0.3 is 9.47 Å². The Morgan fingerprint density at radius 3 is 2.44 bits per heavy atom. The average molecular weight is 362 g/mol. The molecule has 1 heterocycles. The van der Waals surface area contributed by atoms with Gasteiger partial charge in [0.1, 0.15) is 6.07 Å². The lowest BCUT2D eigenvalue weighted by atomic mass is 10.1. The van der Waals surface area contributed by atoms with Crippen LogP contribution >= 0.6 is 0 Å². The Labute approximate surface area is 156 Å². The van der Waals surface area contributed by atoms with Crippen LogP contribution < -0.4 is 15.0 Å². The van der Waals surface area contributed by atoms with Gasteiger partial charge in [-0.1, -0.05) is 18.2 Å². The molecule has 0 aliphatic carbocycles. The second-order valence-corrected chi connectivity index (χ2v) is 5.70. The van der Waals surface area contributed by atoms with E-state index >= 15 is 0 Å². The number of nitrogens with one attached hydrogen (secondary N) is 1. The van der Waals surface area contributed by atoms with Crippen LogP contribution in [0, 0.1) is 18.3 Å². The van der Waals surface area contributed by atoms with Crippen LogP contribution in [0.4, 0.5) is 5.69 Å². The highest BCUT2D eigenvalue weighted by atomic mass is 16.5. The molecule has 0 aliphatic heterocycles. The van der Waals surface area contributed by atoms with Gasteiger partial charge in [-0.15, -0.1) is 0 Å². The molecule has 0 radical (unpaired) electrons. The first-order valence-corrected chi connectivity index (χ1v) is 8.17. The van der Waals surface area contributed by atoms with Gasteiger partial charge in [0.25, 0.3) is 5.56 Å². The first kappa shape index (κ1) is 18.0. The second kappa shape index (κ2) is 7.62. The fourth-order valence-electron chi connectivity index (χ4n) is 2.74. The molecule has 27 heavy (non-hydrogen) atoms. The Bertz CT molecular complexity index is 1090. The van der Waals surface area contributed by atoms with Gasteiger partial charge in [0.2, 0.25) is 0 Å². The number of aromatic nitrogens is 2. The van der Waals surface area contributed by atoms with E-state index in [-0.39, 0.29) is 16.8 Å². The van der Waals surface area contributed by atoms with Gasteiger partial charge in [0, 0.05) is 11.8 Å². The molecule has 0 aliphatic rings. The first-order chi connectivity index (χ1) is 13.1. The summed E-state index contributed by atoms with van der Waals surface area (Å²) >= 11 is 0. The highest BCUT2D eigenvalue weighted by Crippen LogP contribution is 2.31. The summed E-state index contributed by atoms with van der Waals surface area (Å²) in [6.45, 7) is 1.73. The fourth-order valence-corrected chi connectivity index (χ4v) is 2.74. The predicted octanol–water partition coefficient (Wildman–Crippen LogP) is 3.14. The summed E-state index contributed by atoms with van der Waals surface area (Å²) in [7, 11) is 3.06. The SMILES string of the molecule is COc1ccc(N=C(C#N)c2c(C)[nH]n(-c3ccccc3)c2=O)cc1OC. The molecule has 7 nitrogen and oxygen atoms in total. The molecule has 3 rings (SSSR count). The maximum Gasteiger partial charge on any atom is 0.281 e. The van der Waals surface area contributed by atoms with Gasteiger partial charge in [0.05, 0.1) is 31.2 Å². The summed E-state index contributed by atoms with van der Waals surface area (Å²) in [5.41, 5.74) is 1.65. The van der Waals surface area contributed by atoms with E-state index in [1.807, 2.05) is 24.3 Å². The van der Waals surface area contributed by atoms with Crippen molar-refractivity contribution in [3.05, 3.63) is 70.1 Å². The summed E-state index contributed by atoms with van der Waals surface area (Å²) in [4.78, 5) is 17.2. The van der Waals surface area contributed by atoms with E-state index in [2.05, 4.69) is 10.1 Å². The molecule has 7 heteroatoms. The summed E-state index contributed by atoms with van der Waals surface area (Å²) < 4.78 is 11.9. The predicted molar refractivity (Wildman–Crippen MR) is 102 cm³/mol. The molecule has 136 valence electrons. The van der Waals surface area contributed by atoms with Crippen LogP contribution in [0.5, 0.6) is 11.5 Å². The number of H-pyrrole nitrogens is 1. The largest absolute Gasteiger partial charge is 0.493 e. The molecule has 0 unspecified atom stereocenters. The lowest BCUT2D eigenvalue weighted by Gasteiger charge is -2.07. The summed E-state index contributed by atoms with van der Waals surface area (Å²) in [5, 5.41) is 12.6. The Hall–Kier alpha value is -3.79. The van der Waals surface area contributed by atoms with Crippen LogP contribution in [0.25, 0.3) is 5.69 Å². The van der Waals surface area contributed by atoms with Crippen molar-refractivity contribution in [2.45, 2.75) is 6.92 Å². The van der Waals surface area contributed by atoms with Crippen LogP contribution in [-0.4, -0.2) is 29.7 Å². The summed E-state index contributed by atoms with van der Waals surface area (Å²) in [6, 6.07) is 16.2. The molecular weight excluding hydrogens is 344 g/mol. The van der Waals surface area contributed by atoms with Crippen molar-refractivity contribution in [1.82, 2.24) is 9.78 Å². The normalized spacial score (nSPS) is 11.1. The van der Waals surface area contributed by atoms with Gasteiger partial charge in [-0.25, -0.2) is 9.67 Å². The third-order valence-corrected chi connectivity index (χ3v) is 4.04. The number of nitriles is 1. The number of rotatable bonds is 5. The third kappa shape index (κ3) is 3.46. The number of aliphatic imine (C=N–C) groups is 1. The zero-order valence-corrected chi connectivity index (χ0v) is 15.2. The van der Waals surface area contributed by atoms with E-state index in [9.17, 15) is 10.1 Å². The van der Waals surface area contributed by atoms with Gasteiger partial charge in [-0.3, -0.25) is 9.89 Å². The minimum atomic E-state index is -0.334. The molecular formula is C20H18N4O3. The lowest BCUT2D eigenvalue weighted by Crippen LogP contribution is -2.20. The molecule has 2 aromatic carbocycles. The van der Waals surface area contributed by atoms with Crippen molar-refractivity contribution in [2.75, 3.05) is 14.2 Å². The monoisotopic (exact) mass is 362 g/mol. The third-order valence-electron chi connectivity index (χ3n) is 4.04. The molecule has 1 N–H and O–H groups in total. The number of hydrogen-bond acceptors (Lipinski definition) is 5. The van der Waals surface area contributed by atoms with Gasteiger partial charge in [-0.2, -0.15) is 5.26 Å². The summed E-state index contributed by atoms with van der Waals surface area (Å²) in [6.07, 6.45) is 0. The smallest absolute Gasteiger partial charge is 0.281 e. The van der Waals surface area contributed by atoms with Gasteiger partial charge in [0.15, 0.2) is 17.2 Å². The maximum atomic E-state index is 12.9. The number of hydrogen-bond donors (Lipinski definition) is 1. The van der Waals surface area contributed by atoms with Crippen molar-refractivity contribution < 1.29 is 9.47 Å². The molecule has 0 saturated heterocycles. The van der Waals surface area contributed by atoms with E-state index in [0.29, 0.717) is 28.6 Å². The first-order valence-electron chi connectivity index (χ1n) is 8.17. The molecule has 0 amide bonds. The Morgan fingerprint density at radius 1 is 1.11 bits per heavy atom. The van der Waals surface area contributed by atoms with E-state index in [1.54, 1.807) is 37.3 Å². The molecule has 0 saturated carbocycles. The zero-order chi connectivity index (χ0) is 19.4. The minimum Gasteiger partial charge on any atom is -0.493 e. The molecule has 0 atom stereocenters. The van der Waals surface area contributed by atoms with Crippen molar-refractivity contribution >= 4 is 11.4 Å². The number of para-hydroxylation sites is 1. The van der Waals surface area contributed by atoms with Crippen molar-refractivity contribution in [3.8, 4) is 23.3 Å². The Balaban J connectivity index is 2.10. The number of ether oxygens (including phenoxy) is 2. The van der Waals surface area contributed by atoms with Crippen LogP contribution in [-0.2, 0) is 0 Å². The average Bonchev–Trinajstić information content (AvgIpc) is 3.00. The van der Waals surface area contributed by atoms with Crippen LogP contribution in [0.1, 0.15) is 11.3 Å². The van der Waals surface area contributed by atoms with E-state index in [4.69, 9.17) is 9.47 Å². The zero-order valence-electron chi connectivity index (χ0n) is 15.2. The standard InChI is InChI=1S/C20H18N4O3/c1-13-19(20(25)24(23-13)15-7-5-4-6-8-15)16(12-21)22-14-9-10-17(26-2)18(11-14)27-3/h4-11,23H,1-3H3. The quantitative estimate of drug-likeness (QED) is 0.706. The molecule has 3 aromatic rings. The van der Waals surface area contributed by atoms with Gasteiger partial charge >= 0.3 is 0 Å². The Kier molecular flexibility index (Phi) is 5.08. The van der Waals surface area contributed by atoms with Gasteiger partial charge in [-0.05, 0) is 31.2 Å². The highest BCUT2D eigenvalue weighted by molar-refractivity contribution is 6.13. The van der Waals surface area contributed by atoms with E-state index in [0.717, 1.165) is 0 Å². The molecule has 0 fully saturated rings. The van der Waals surface area contributed by atoms with Crippen molar-refractivity contribution in [1.29, 1.82) is 5.26 Å².